The van der Waals surface area contributed by atoms with E-state index in [0.717, 1.165) is 0 Å². The van der Waals surface area contributed by atoms with Crippen molar-refractivity contribution in [3.8, 4) is 5.75 Å². The zero-order valence-electron chi connectivity index (χ0n) is 9.50. The van der Waals surface area contributed by atoms with E-state index in [1.54, 1.807) is 0 Å². The number of aromatic hydroxyl groups is 1. The Bertz CT molecular complexity index is 412. The average Bonchev–Trinajstić information content (AvgIpc) is 2.24. The van der Waals surface area contributed by atoms with Crippen LogP contribution < -0.4 is 11.1 Å². The molecule has 1 aromatic carbocycles. The summed E-state index contributed by atoms with van der Waals surface area (Å²) in [5.74, 6) is -0.504. The molecule has 0 spiro atoms. The third-order valence-electron chi connectivity index (χ3n) is 2.31. The molecule has 0 bridgehead atoms. The maximum absolute atomic E-state index is 11.7. The second-order valence-corrected chi connectivity index (χ2v) is 4.86. The standard InChI is InChI=1S/C11H14Cl2N2O2/c1-5(2)9(14)11(17)15-6-3-7(12)10(16)8(13)4-6/h3-5,9,16H,14H2,1-2H3,(H,15,17). The Morgan fingerprint density at radius 2 is 1.82 bits per heavy atom. The highest BCUT2D eigenvalue weighted by Gasteiger charge is 2.18. The van der Waals surface area contributed by atoms with Gasteiger partial charge < -0.3 is 16.2 Å². The van der Waals surface area contributed by atoms with Gasteiger partial charge in [0.1, 0.15) is 0 Å². The van der Waals surface area contributed by atoms with Crippen molar-refractivity contribution in [2.45, 2.75) is 19.9 Å². The summed E-state index contributed by atoms with van der Waals surface area (Å²) in [6.45, 7) is 3.70. The summed E-state index contributed by atoms with van der Waals surface area (Å²) < 4.78 is 0. The van der Waals surface area contributed by atoms with Gasteiger partial charge in [-0.3, -0.25) is 4.79 Å². The van der Waals surface area contributed by atoms with Gasteiger partial charge in [0.05, 0.1) is 16.1 Å². The first-order valence-corrected chi connectivity index (χ1v) is 5.83. The van der Waals surface area contributed by atoms with E-state index in [1.807, 2.05) is 13.8 Å². The average molecular weight is 277 g/mol. The van der Waals surface area contributed by atoms with E-state index in [9.17, 15) is 9.90 Å². The maximum Gasteiger partial charge on any atom is 0.241 e. The number of carbonyl (C=O) groups is 1. The minimum Gasteiger partial charge on any atom is -0.505 e. The van der Waals surface area contributed by atoms with Crippen LogP contribution in [0.15, 0.2) is 12.1 Å². The Morgan fingerprint density at radius 3 is 2.24 bits per heavy atom. The van der Waals surface area contributed by atoms with Crippen LogP contribution in [0, 0.1) is 5.92 Å². The third-order valence-corrected chi connectivity index (χ3v) is 2.88. The molecule has 4 N–H and O–H groups in total. The summed E-state index contributed by atoms with van der Waals surface area (Å²) in [5, 5.41) is 12.1. The number of amides is 1. The summed E-state index contributed by atoms with van der Waals surface area (Å²) in [4.78, 5) is 11.7. The van der Waals surface area contributed by atoms with Crippen LogP contribution in [0.2, 0.25) is 10.0 Å². The van der Waals surface area contributed by atoms with Gasteiger partial charge in [-0.15, -0.1) is 0 Å². The predicted molar refractivity (Wildman–Crippen MR) is 69.6 cm³/mol. The third kappa shape index (κ3) is 3.49. The van der Waals surface area contributed by atoms with Crippen molar-refractivity contribution in [1.82, 2.24) is 0 Å². The van der Waals surface area contributed by atoms with Crippen molar-refractivity contribution < 1.29 is 9.90 Å². The zero-order chi connectivity index (χ0) is 13.2. The van der Waals surface area contributed by atoms with Crippen molar-refractivity contribution in [2.75, 3.05) is 5.32 Å². The molecule has 0 saturated carbocycles. The molecular formula is C11H14Cl2N2O2. The fourth-order valence-electron chi connectivity index (χ4n) is 1.17. The molecule has 6 heteroatoms. The lowest BCUT2D eigenvalue weighted by Crippen LogP contribution is -2.39. The first kappa shape index (κ1) is 14.1. The van der Waals surface area contributed by atoms with Gasteiger partial charge >= 0.3 is 0 Å². The van der Waals surface area contributed by atoms with Crippen LogP contribution in [-0.2, 0) is 4.79 Å². The number of nitrogens with two attached hydrogens (primary N) is 1. The van der Waals surface area contributed by atoms with Crippen LogP contribution in [-0.4, -0.2) is 17.1 Å². The monoisotopic (exact) mass is 276 g/mol. The van der Waals surface area contributed by atoms with E-state index in [2.05, 4.69) is 5.32 Å². The van der Waals surface area contributed by atoms with Crippen LogP contribution in [0.3, 0.4) is 0 Å². The minimum absolute atomic E-state index is 0.0260. The molecule has 0 fully saturated rings. The second-order valence-electron chi connectivity index (χ2n) is 4.05. The molecule has 0 saturated heterocycles. The van der Waals surface area contributed by atoms with E-state index in [-0.39, 0.29) is 27.6 Å². The lowest BCUT2D eigenvalue weighted by Gasteiger charge is -2.15. The molecule has 1 unspecified atom stereocenters. The van der Waals surface area contributed by atoms with Crippen molar-refractivity contribution in [1.29, 1.82) is 0 Å². The number of phenolic OH excluding ortho intramolecular Hbond substituents is 1. The first-order chi connectivity index (χ1) is 7.82. The Morgan fingerprint density at radius 1 is 1.35 bits per heavy atom. The molecule has 1 rings (SSSR count). The van der Waals surface area contributed by atoms with Crippen LogP contribution in [0.5, 0.6) is 5.75 Å². The molecular weight excluding hydrogens is 263 g/mol. The highest BCUT2D eigenvalue weighted by molar-refractivity contribution is 6.37. The molecule has 94 valence electrons. The van der Waals surface area contributed by atoms with Crippen LogP contribution in [0.4, 0.5) is 5.69 Å². The molecule has 0 aliphatic carbocycles. The Kier molecular flexibility index (Phi) is 4.62. The number of hydrogen-bond donors (Lipinski definition) is 3. The SMILES string of the molecule is CC(C)C(N)C(=O)Nc1cc(Cl)c(O)c(Cl)c1. The van der Waals surface area contributed by atoms with E-state index in [4.69, 9.17) is 28.9 Å². The highest BCUT2D eigenvalue weighted by atomic mass is 35.5. The molecule has 0 aliphatic rings. The zero-order valence-corrected chi connectivity index (χ0v) is 11.0. The topological polar surface area (TPSA) is 75.4 Å². The molecule has 17 heavy (non-hydrogen) atoms. The fourth-order valence-corrected chi connectivity index (χ4v) is 1.65. The number of halogens is 2. The highest BCUT2D eigenvalue weighted by Crippen LogP contribution is 2.34. The van der Waals surface area contributed by atoms with Gasteiger partial charge in [-0.05, 0) is 18.1 Å². The van der Waals surface area contributed by atoms with Crippen LogP contribution in [0.1, 0.15) is 13.8 Å². The van der Waals surface area contributed by atoms with Gasteiger partial charge in [-0.2, -0.15) is 0 Å². The van der Waals surface area contributed by atoms with Gasteiger partial charge in [0.2, 0.25) is 5.91 Å². The molecule has 1 atom stereocenters. The molecule has 0 heterocycles. The van der Waals surface area contributed by atoms with E-state index in [0.29, 0.717) is 5.69 Å². The quantitative estimate of drug-likeness (QED) is 0.743. The summed E-state index contributed by atoms with van der Waals surface area (Å²) in [7, 11) is 0. The second kappa shape index (κ2) is 5.58. The number of benzene rings is 1. The molecule has 4 nitrogen and oxygen atoms in total. The van der Waals surface area contributed by atoms with Crippen LogP contribution in [0.25, 0.3) is 0 Å². The number of phenols is 1. The molecule has 1 aromatic rings. The summed E-state index contributed by atoms with van der Waals surface area (Å²) in [5.41, 5.74) is 6.09. The van der Waals surface area contributed by atoms with Gasteiger partial charge in [0.25, 0.3) is 0 Å². The number of anilines is 1. The number of hydrogen-bond acceptors (Lipinski definition) is 3. The summed E-state index contributed by atoms with van der Waals surface area (Å²) >= 11 is 11.5. The number of rotatable bonds is 3. The molecule has 0 radical (unpaired) electrons. The van der Waals surface area contributed by atoms with Crippen molar-refractivity contribution in [2.24, 2.45) is 11.7 Å². The Balaban J connectivity index is 2.86. The lowest BCUT2D eigenvalue weighted by molar-refractivity contribution is -0.118. The largest absolute Gasteiger partial charge is 0.505 e. The minimum atomic E-state index is -0.610. The Hall–Kier alpha value is -0.970. The van der Waals surface area contributed by atoms with Crippen molar-refractivity contribution in [3.05, 3.63) is 22.2 Å². The van der Waals surface area contributed by atoms with Gasteiger partial charge in [-0.25, -0.2) is 0 Å². The molecule has 0 aliphatic heterocycles. The predicted octanol–water partition coefficient (Wildman–Crippen LogP) is 2.62. The maximum atomic E-state index is 11.7. The van der Waals surface area contributed by atoms with Gasteiger partial charge in [0, 0.05) is 5.69 Å². The van der Waals surface area contributed by atoms with Crippen molar-refractivity contribution in [3.63, 3.8) is 0 Å². The number of nitrogens with one attached hydrogen (secondary N) is 1. The first-order valence-electron chi connectivity index (χ1n) is 5.07. The smallest absolute Gasteiger partial charge is 0.241 e. The summed E-state index contributed by atoms with van der Waals surface area (Å²) in [6, 6.07) is 2.21. The van der Waals surface area contributed by atoms with Gasteiger partial charge in [0.15, 0.2) is 5.75 Å². The Labute approximate surface area is 110 Å². The lowest BCUT2D eigenvalue weighted by atomic mass is 10.0. The van der Waals surface area contributed by atoms with Crippen LogP contribution >= 0.6 is 23.2 Å². The fraction of sp³-hybridized carbons (Fsp3) is 0.364. The van der Waals surface area contributed by atoms with E-state index < -0.39 is 6.04 Å². The van der Waals surface area contributed by atoms with Gasteiger partial charge in [-0.1, -0.05) is 37.0 Å². The number of carbonyl (C=O) groups excluding carboxylic acids is 1. The summed E-state index contributed by atoms with van der Waals surface area (Å²) in [6.07, 6.45) is 0. The molecule has 1 amide bonds. The van der Waals surface area contributed by atoms with E-state index >= 15 is 0 Å². The normalized spacial score (nSPS) is 12.6. The van der Waals surface area contributed by atoms with Crippen molar-refractivity contribution >= 4 is 34.8 Å². The molecule has 0 aromatic heterocycles. The van der Waals surface area contributed by atoms with E-state index in [1.165, 1.54) is 12.1 Å².